The van der Waals surface area contributed by atoms with Crippen LogP contribution in [-0.2, 0) is 21.1 Å². The minimum atomic E-state index is 0. The van der Waals surface area contributed by atoms with E-state index in [2.05, 4.69) is 6.92 Å². The zero-order valence-corrected chi connectivity index (χ0v) is 10.4. The summed E-state index contributed by atoms with van der Waals surface area (Å²) in [6.07, 6.45) is 3.50. The van der Waals surface area contributed by atoms with Gasteiger partial charge in [-0.15, -0.1) is 0 Å². The molecule has 0 aromatic rings. The van der Waals surface area contributed by atoms with Crippen molar-refractivity contribution >= 4 is 0 Å². The van der Waals surface area contributed by atoms with E-state index >= 15 is 0 Å². The van der Waals surface area contributed by atoms with Gasteiger partial charge in [0.05, 0.1) is 0 Å². The summed E-state index contributed by atoms with van der Waals surface area (Å²) in [5, 5.41) is 0. The molecule has 1 unspecified atom stereocenters. The van der Waals surface area contributed by atoms with Crippen LogP contribution < -0.4 is 36.3 Å². The fraction of sp³-hybridized carbons (Fsp3) is 1.00. The number of nitrogens with two attached hydrogens (primary N) is 2. The molecule has 0 radical (unpaired) electrons. The van der Waals surface area contributed by atoms with Crippen LogP contribution in [0.4, 0.5) is 0 Å². The molecule has 0 aliphatic carbocycles. The van der Waals surface area contributed by atoms with Crippen molar-refractivity contribution in [3.05, 3.63) is 0 Å². The van der Waals surface area contributed by atoms with Crippen LogP contribution in [0.2, 0.25) is 0 Å². The maximum atomic E-state index is 5.53. The molecule has 74 valence electrons. The predicted molar refractivity (Wildman–Crippen MR) is 36.6 cm³/mol. The van der Waals surface area contributed by atoms with Gasteiger partial charge >= 0.3 is 21.1 Å². The van der Waals surface area contributed by atoms with E-state index in [4.69, 9.17) is 11.5 Å². The van der Waals surface area contributed by atoms with E-state index in [9.17, 15) is 0 Å². The van der Waals surface area contributed by atoms with Crippen molar-refractivity contribution in [1.29, 1.82) is 0 Å². The Morgan fingerprint density at radius 3 is 2.00 bits per heavy atom. The van der Waals surface area contributed by atoms with Crippen LogP contribution in [0.15, 0.2) is 0 Å². The summed E-state index contributed by atoms with van der Waals surface area (Å²) in [6, 6.07) is 0.231. The summed E-state index contributed by atoms with van der Waals surface area (Å²) in [5.74, 6) is 0. The summed E-state index contributed by atoms with van der Waals surface area (Å²) in [6.45, 7) is 2.78. The first-order valence-corrected chi connectivity index (χ1v) is 3.27. The molecule has 0 aliphatic heterocycles. The molecule has 0 saturated heterocycles. The zero-order valence-electron chi connectivity index (χ0n) is 6.63. The molecule has 11 heavy (non-hydrogen) atoms. The van der Waals surface area contributed by atoms with Crippen LogP contribution in [0, 0.1) is 0 Å². The van der Waals surface area contributed by atoms with Crippen molar-refractivity contribution < 1.29 is 45.9 Å². The van der Waals surface area contributed by atoms with E-state index in [0.29, 0.717) is 6.54 Å². The molecule has 0 amide bonds. The average Bonchev–Trinajstić information content (AvgIpc) is 1.83. The van der Waals surface area contributed by atoms with Gasteiger partial charge in [-0.2, -0.15) is 0 Å². The molecule has 0 bridgehead atoms. The van der Waals surface area contributed by atoms with Crippen molar-refractivity contribution in [3.63, 3.8) is 0 Å². The van der Waals surface area contributed by atoms with E-state index in [-0.39, 0.29) is 51.9 Å². The van der Waals surface area contributed by atoms with E-state index in [1.807, 2.05) is 0 Å². The van der Waals surface area contributed by atoms with Gasteiger partial charge in [0.15, 0.2) is 0 Å². The van der Waals surface area contributed by atoms with E-state index in [1.54, 1.807) is 0 Å². The van der Waals surface area contributed by atoms with Crippen LogP contribution in [-0.4, -0.2) is 12.6 Å². The second-order valence-corrected chi connectivity index (χ2v) is 2.14. The first kappa shape index (κ1) is 22.8. The van der Waals surface area contributed by atoms with Crippen molar-refractivity contribution in [2.75, 3.05) is 6.54 Å². The van der Waals surface area contributed by atoms with Gasteiger partial charge < -0.3 is 36.3 Å². The minimum Gasteiger partial charge on any atom is -1.00 e. The number of hydrogen-bond donors (Lipinski definition) is 2. The molecule has 2 nitrogen and oxygen atoms in total. The molecule has 4 N–H and O–H groups in total. The Morgan fingerprint density at radius 2 is 1.73 bits per heavy atom. The first-order valence-electron chi connectivity index (χ1n) is 3.27. The molecule has 0 spiro atoms. The molecule has 0 heterocycles. The number of halogens is 2. The quantitative estimate of drug-likeness (QED) is 0.510. The van der Waals surface area contributed by atoms with Crippen LogP contribution in [0.3, 0.4) is 0 Å². The summed E-state index contributed by atoms with van der Waals surface area (Å²) in [5.41, 5.74) is 10.8. The molecule has 0 aromatic heterocycles. The van der Waals surface area contributed by atoms with Gasteiger partial charge in [0, 0.05) is 12.6 Å². The van der Waals surface area contributed by atoms with Crippen LogP contribution >= 0.6 is 0 Å². The minimum absolute atomic E-state index is 0. The van der Waals surface area contributed by atoms with Crippen molar-refractivity contribution in [3.8, 4) is 0 Å². The van der Waals surface area contributed by atoms with Gasteiger partial charge in [-0.25, -0.2) is 0 Å². The SMILES string of the molecule is CCCCC(N)CN.[Cl-].[Cl-].[Pt+2]. The number of hydrogen-bond acceptors (Lipinski definition) is 2. The largest absolute Gasteiger partial charge is 2.00 e. The molecule has 0 aromatic carbocycles. The van der Waals surface area contributed by atoms with E-state index in [1.165, 1.54) is 12.8 Å². The zero-order chi connectivity index (χ0) is 6.41. The number of unbranched alkanes of at least 4 members (excludes halogenated alkanes) is 1. The second kappa shape index (κ2) is 17.3. The smallest absolute Gasteiger partial charge is 1.00 e. The maximum absolute atomic E-state index is 5.53. The Kier molecular flexibility index (Phi) is 35.8. The maximum Gasteiger partial charge on any atom is 2.00 e. The molecule has 0 saturated carbocycles. The van der Waals surface area contributed by atoms with Gasteiger partial charge in [0.1, 0.15) is 0 Å². The topological polar surface area (TPSA) is 52.0 Å². The van der Waals surface area contributed by atoms with E-state index < -0.39 is 0 Å². The fourth-order valence-electron chi connectivity index (χ4n) is 0.584. The van der Waals surface area contributed by atoms with Gasteiger partial charge in [-0.3, -0.25) is 0 Å². The van der Waals surface area contributed by atoms with Crippen molar-refractivity contribution in [2.24, 2.45) is 11.5 Å². The van der Waals surface area contributed by atoms with Gasteiger partial charge in [0.2, 0.25) is 0 Å². The van der Waals surface area contributed by atoms with Crippen molar-refractivity contribution in [1.82, 2.24) is 0 Å². The second-order valence-electron chi connectivity index (χ2n) is 2.14. The Hall–Kier alpha value is 1.19. The van der Waals surface area contributed by atoms with E-state index in [0.717, 1.165) is 6.42 Å². The summed E-state index contributed by atoms with van der Waals surface area (Å²) in [7, 11) is 0. The third-order valence-corrected chi connectivity index (χ3v) is 1.23. The molecular formula is C6H16Cl2N2Pt. The fourth-order valence-corrected chi connectivity index (χ4v) is 0.584. The van der Waals surface area contributed by atoms with Crippen LogP contribution in [0.25, 0.3) is 0 Å². The molecule has 0 rings (SSSR count). The summed E-state index contributed by atoms with van der Waals surface area (Å²) in [4.78, 5) is 0. The van der Waals surface area contributed by atoms with Crippen molar-refractivity contribution in [2.45, 2.75) is 32.2 Å². The summed E-state index contributed by atoms with van der Waals surface area (Å²) >= 11 is 0. The first-order chi connectivity index (χ1) is 3.81. The summed E-state index contributed by atoms with van der Waals surface area (Å²) < 4.78 is 0. The van der Waals surface area contributed by atoms with Crippen LogP contribution in [0.1, 0.15) is 26.2 Å². The predicted octanol–water partition coefficient (Wildman–Crippen LogP) is -5.53. The Labute approximate surface area is 95.9 Å². The number of rotatable bonds is 4. The normalized spacial score (nSPS) is 10.1. The standard InChI is InChI=1S/C6H16N2.2ClH.Pt/c1-2-3-4-6(8)5-7;;;/h6H,2-5,7-8H2,1H3;2*1H;/q;;;+2/p-2. The Balaban J connectivity index is -0.0000000817. The third-order valence-electron chi connectivity index (χ3n) is 1.23. The average molecular weight is 382 g/mol. The Bertz CT molecular complexity index is 57.8. The molecule has 1 atom stereocenters. The third kappa shape index (κ3) is 18.3. The monoisotopic (exact) mass is 381 g/mol. The Morgan fingerprint density at radius 1 is 1.27 bits per heavy atom. The molecule has 0 fully saturated rings. The molecular weight excluding hydrogens is 366 g/mol. The van der Waals surface area contributed by atoms with Gasteiger partial charge in [-0.1, -0.05) is 19.8 Å². The van der Waals surface area contributed by atoms with Gasteiger partial charge in [0.25, 0.3) is 0 Å². The van der Waals surface area contributed by atoms with Gasteiger partial charge in [-0.05, 0) is 6.42 Å². The molecule has 0 aliphatic rings. The molecule has 5 heteroatoms. The van der Waals surface area contributed by atoms with Crippen LogP contribution in [0.5, 0.6) is 0 Å².